The molecule has 4 heteroatoms. The van der Waals surface area contributed by atoms with Crippen molar-refractivity contribution in [2.24, 2.45) is 5.92 Å². The predicted octanol–water partition coefficient (Wildman–Crippen LogP) is 3.35. The fourth-order valence-electron chi connectivity index (χ4n) is 2.48. The minimum atomic E-state index is -0.120. The number of carbonyl (C=O) groups is 1. The molecule has 1 N–H and O–H groups in total. The van der Waals surface area contributed by atoms with Gasteiger partial charge in [-0.05, 0) is 25.3 Å². The Labute approximate surface area is 113 Å². The molecule has 0 atom stereocenters. The summed E-state index contributed by atoms with van der Waals surface area (Å²) in [5, 5.41) is 3.40. The highest BCUT2D eigenvalue weighted by molar-refractivity contribution is 6.33. The summed E-state index contributed by atoms with van der Waals surface area (Å²) in [7, 11) is 0. The van der Waals surface area contributed by atoms with E-state index in [2.05, 4.69) is 10.3 Å². The number of hydrogen-bond acceptors (Lipinski definition) is 2. The molecule has 1 aromatic heterocycles. The van der Waals surface area contributed by atoms with Crippen molar-refractivity contribution in [3.05, 3.63) is 28.5 Å². The number of nitrogens with zero attached hydrogens (tertiary/aromatic N) is 1. The third-order valence-corrected chi connectivity index (χ3v) is 3.86. The van der Waals surface area contributed by atoms with Crippen LogP contribution >= 0.6 is 11.6 Å². The lowest BCUT2D eigenvalue weighted by Crippen LogP contribution is -2.26. The number of carbonyl (C=O) groups excluding carboxylic acids is 1. The van der Waals surface area contributed by atoms with Gasteiger partial charge < -0.3 is 5.32 Å². The number of rotatable bonds is 4. The molecular weight excluding hydrogens is 248 g/mol. The van der Waals surface area contributed by atoms with Crippen molar-refractivity contribution in [2.45, 2.75) is 39.0 Å². The van der Waals surface area contributed by atoms with Crippen LogP contribution in [0.5, 0.6) is 0 Å². The molecule has 1 aromatic rings. The van der Waals surface area contributed by atoms with E-state index in [0.717, 1.165) is 24.6 Å². The Morgan fingerprint density at radius 1 is 1.50 bits per heavy atom. The van der Waals surface area contributed by atoms with Crippen LogP contribution in [0, 0.1) is 12.8 Å². The fraction of sp³-hybridized carbons (Fsp3) is 0.571. The smallest absolute Gasteiger partial charge is 0.254 e. The number of aromatic nitrogens is 1. The lowest BCUT2D eigenvalue weighted by Gasteiger charge is -2.10. The maximum Gasteiger partial charge on any atom is 0.254 e. The SMILES string of the molecule is Cc1cc(Cl)c(C(=O)NCCC2CCCC2)cn1. The van der Waals surface area contributed by atoms with Crippen molar-refractivity contribution in [2.75, 3.05) is 6.54 Å². The number of halogens is 1. The van der Waals surface area contributed by atoms with E-state index in [1.165, 1.54) is 25.7 Å². The van der Waals surface area contributed by atoms with Crippen molar-refractivity contribution >= 4 is 17.5 Å². The Morgan fingerprint density at radius 3 is 2.89 bits per heavy atom. The van der Waals surface area contributed by atoms with Crippen molar-refractivity contribution < 1.29 is 4.79 Å². The van der Waals surface area contributed by atoms with E-state index in [0.29, 0.717) is 10.6 Å². The van der Waals surface area contributed by atoms with Gasteiger partial charge in [-0.3, -0.25) is 9.78 Å². The van der Waals surface area contributed by atoms with Crippen LogP contribution in [-0.2, 0) is 0 Å². The number of amides is 1. The topological polar surface area (TPSA) is 42.0 Å². The van der Waals surface area contributed by atoms with Crippen molar-refractivity contribution in [1.29, 1.82) is 0 Å². The zero-order valence-corrected chi connectivity index (χ0v) is 11.5. The van der Waals surface area contributed by atoms with Gasteiger partial charge in [-0.15, -0.1) is 0 Å². The van der Waals surface area contributed by atoms with Crippen LogP contribution in [0.2, 0.25) is 5.02 Å². The summed E-state index contributed by atoms with van der Waals surface area (Å²) in [4.78, 5) is 16.0. The molecular formula is C14H19ClN2O. The molecule has 1 saturated carbocycles. The summed E-state index contributed by atoms with van der Waals surface area (Å²) in [6, 6.07) is 1.72. The molecule has 0 unspecified atom stereocenters. The minimum Gasteiger partial charge on any atom is -0.352 e. The second-order valence-electron chi connectivity index (χ2n) is 5.00. The van der Waals surface area contributed by atoms with Gasteiger partial charge in [-0.1, -0.05) is 37.3 Å². The first-order chi connectivity index (χ1) is 8.66. The maximum atomic E-state index is 11.9. The monoisotopic (exact) mass is 266 g/mol. The zero-order valence-electron chi connectivity index (χ0n) is 10.7. The molecule has 3 nitrogen and oxygen atoms in total. The number of aryl methyl sites for hydroxylation is 1. The Bertz CT molecular complexity index is 428. The summed E-state index contributed by atoms with van der Waals surface area (Å²) in [5.74, 6) is 0.669. The van der Waals surface area contributed by atoms with Crippen LogP contribution in [0.4, 0.5) is 0 Å². The predicted molar refractivity (Wildman–Crippen MR) is 72.9 cm³/mol. The summed E-state index contributed by atoms with van der Waals surface area (Å²) < 4.78 is 0. The van der Waals surface area contributed by atoms with Gasteiger partial charge >= 0.3 is 0 Å². The van der Waals surface area contributed by atoms with E-state index < -0.39 is 0 Å². The van der Waals surface area contributed by atoms with Gasteiger partial charge in [0.25, 0.3) is 5.91 Å². The second-order valence-corrected chi connectivity index (χ2v) is 5.41. The average Bonchev–Trinajstić information content (AvgIpc) is 2.81. The van der Waals surface area contributed by atoms with Crippen LogP contribution in [0.3, 0.4) is 0 Å². The molecule has 18 heavy (non-hydrogen) atoms. The van der Waals surface area contributed by atoms with Crippen molar-refractivity contribution in [3.63, 3.8) is 0 Å². The lowest BCUT2D eigenvalue weighted by molar-refractivity contribution is 0.0951. The van der Waals surface area contributed by atoms with Gasteiger partial charge in [0.2, 0.25) is 0 Å². The van der Waals surface area contributed by atoms with Gasteiger partial charge in [-0.2, -0.15) is 0 Å². The summed E-state index contributed by atoms with van der Waals surface area (Å²) in [6.45, 7) is 2.58. The van der Waals surface area contributed by atoms with E-state index in [1.807, 2.05) is 6.92 Å². The lowest BCUT2D eigenvalue weighted by atomic mass is 10.0. The fourth-order valence-corrected chi connectivity index (χ4v) is 2.77. The van der Waals surface area contributed by atoms with Crippen LogP contribution in [0.1, 0.15) is 48.2 Å². The molecule has 1 aliphatic rings. The molecule has 1 amide bonds. The normalized spacial score (nSPS) is 15.9. The molecule has 1 heterocycles. The maximum absolute atomic E-state index is 11.9. The molecule has 0 radical (unpaired) electrons. The molecule has 0 saturated heterocycles. The average molecular weight is 267 g/mol. The molecule has 0 aliphatic heterocycles. The second kappa shape index (κ2) is 6.19. The molecule has 0 bridgehead atoms. The highest BCUT2D eigenvalue weighted by Crippen LogP contribution is 2.27. The Hall–Kier alpha value is -1.09. The third kappa shape index (κ3) is 3.45. The van der Waals surface area contributed by atoms with Crippen LogP contribution < -0.4 is 5.32 Å². The molecule has 1 fully saturated rings. The Morgan fingerprint density at radius 2 is 2.22 bits per heavy atom. The van der Waals surface area contributed by atoms with E-state index in [-0.39, 0.29) is 5.91 Å². The van der Waals surface area contributed by atoms with Crippen molar-refractivity contribution in [1.82, 2.24) is 10.3 Å². The Balaban J connectivity index is 1.83. The standard InChI is InChI=1S/C14H19ClN2O/c1-10-8-13(15)12(9-17-10)14(18)16-7-6-11-4-2-3-5-11/h8-9,11H,2-7H2,1H3,(H,16,18). The zero-order chi connectivity index (χ0) is 13.0. The van der Waals surface area contributed by atoms with Crippen LogP contribution in [0.15, 0.2) is 12.3 Å². The molecule has 1 aliphatic carbocycles. The molecule has 0 aromatic carbocycles. The van der Waals surface area contributed by atoms with Gasteiger partial charge in [0.15, 0.2) is 0 Å². The third-order valence-electron chi connectivity index (χ3n) is 3.55. The van der Waals surface area contributed by atoms with Gasteiger partial charge in [-0.25, -0.2) is 0 Å². The first-order valence-electron chi connectivity index (χ1n) is 6.57. The highest BCUT2D eigenvalue weighted by atomic mass is 35.5. The van der Waals surface area contributed by atoms with E-state index in [1.54, 1.807) is 12.3 Å². The molecule has 0 spiro atoms. The van der Waals surface area contributed by atoms with Gasteiger partial charge in [0, 0.05) is 18.4 Å². The van der Waals surface area contributed by atoms with E-state index >= 15 is 0 Å². The van der Waals surface area contributed by atoms with Crippen LogP contribution in [0.25, 0.3) is 0 Å². The summed E-state index contributed by atoms with van der Waals surface area (Å²) in [6.07, 6.45) is 7.91. The van der Waals surface area contributed by atoms with Crippen molar-refractivity contribution in [3.8, 4) is 0 Å². The van der Waals surface area contributed by atoms with Crippen LogP contribution in [-0.4, -0.2) is 17.4 Å². The van der Waals surface area contributed by atoms with Gasteiger partial charge in [0.1, 0.15) is 0 Å². The first-order valence-corrected chi connectivity index (χ1v) is 6.95. The quantitative estimate of drug-likeness (QED) is 0.908. The summed E-state index contributed by atoms with van der Waals surface area (Å²) >= 11 is 6.03. The number of pyridine rings is 1. The highest BCUT2D eigenvalue weighted by Gasteiger charge is 2.15. The first kappa shape index (κ1) is 13.3. The van der Waals surface area contributed by atoms with Gasteiger partial charge in [0.05, 0.1) is 10.6 Å². The van der Waals surface area contributed by atoms with E-state index in [4.69, 9.17) is 11.6 Å². The number of nitrogens with one attached hydrogen (secondary N) is 1. The summed E-state index contributed by atoms with van der Waals surface area (Å²) in [5.41, 5.74) is 1.29. The molecule has 98 valence electrons. The Kier molecular flexibility index (Phi) is 4.59. The largest absolute Gasteiger partial charge is 0.352 e. The minimum absolute atomic E-state index is 0.120. The number of hydrogen-bond donors (Lipinski definition) is 1. The van der Waals surface area contributed by atoms with E-state index in [9.17, 15) is 4.79 Å². The molecule has 2 rings (SSSR count).